The quantitative estimate of drug-likeness (QED) is 0.0398. The summed E-state index contributed by atoms with van der Waals surface area (Å²) in [5.74, 6) is -3.76. The van der Waals surface area contributed by atoms with Crippen LogP contribution in [0.15, 0.2) is 15.0 Å². The van der Waals surface area contributed by atoms with Crippen molar-refractivity contribution in [2.24, 2.45) is 66.6 Å². The Hall–Kier alpha value is -3.37. The number of rotatable bonds is 15. The zero-order valence-corrected chi connectivity index (χ0v) is 21.8. The molecule has 0 spiro atoms. The number of carbonyl (C=O) groups excluding carboxylic acids is 3. The Morgan fingerprint density at radius 3 is 0.838 bits per heavy atom. The molecule has 18 nitrogen and oxygen atoms in total. The first-order valence-electron chi connectivity index (χ1n) is 10.7. The molecule has 0 unspecified atom stereocenters. The summed E-state index contributed by atoms with van der Waals surface area (Å²) in [5, 5.41) is 30.3. The zero-order chi connectivity index (χ0) is 28.7. The minimum atomic E-state index is -1.25. The van der Waals surface area contributed by atoms with Gasteiger partial charge in [-0.15, -0.1) is 0 Å². The summed E-state index contributed by atoms with van der Waals surface area (Å²) in [5.41, 5.74) is 45.7. The number of aliphatic carboxylic acids is 3. The third-order valence-corrected chi connectivity index (χ3v) is 3.81. The number of hydrogen-bond donors (Lipinski definition) is 9. The molecule has 0 aliphatic heterocycles. The molecule has 0 amide bonds. The van der Waals surface area contributed by atoms with Gasteiger partial charge in [0.2, 0.25) is 0 Å². The van der Waals surface area contributed by atoms with Gasteiger partial charge < -0.3 is 81.3 Å². The minimum absolute atomic E-state index is 0. The molecule has 37 heavy (non-hydrogen) atoms. The summed E-state index contributed by atoms with van der Waals surface area (Å²) in [6.07, 6.45) is 2.56. The summed E-state index contributed by atoms with van der Waals surface area (Å²) in [6.45, 7) is 1.18. The number of guanidine groups is 3. The minimum Gasteiger partial charge on any atom is -0.548 e. The summed E-state index contributed by atoms with van der Waals surface area (Å²) in [4.78, 5) is 41.3. The van der Waals surface area contributed by atoms with Gasteiger partial charge in [-0.3, -0.25) is 15.0 Å². The van der Waals surface area contributed by atoms with Crippen molar-refractivity contribution in [3.05, 3.63) is 0 Å². The SMILES string of the molecule is NC(N)=NCCC[C@H](N)C(=O)[O-].NC(N)=NCCC[C@H](N)C(=O)[O-].NC(N)=NCCC[C@H](N)C(=O)[O-].[Al+3]. The Morgan fingerprint density at radius 1 is 0.514 bits per heavy atom. The average Bonchev–Trinajstić information content (AvgIpc) is 2.76. The molecular formula is C18H39AlN12O6. The van der Waals surface area contributed by atoms with Gasteiger partial charge in [-0.2, -0.15) is 0 Å². The zero-order valence-electron chi connectivity index (χ0n) is 20.7. The molecule has 0 aliphatic carbocycles. The van der Waals surface area contributed by atoms with Crippen LogP contribution in [-0.2, 0) is 14.4 Å². The molecule has 0 aliphatic rings. The summed E-state index contributed by atoms with van der Waals surface area (Å²) in [6, 6.07) is -2.79. The fourth-order valence-corrected chi connectivity index (χ4v) is 1.91. The molecule has 0 aromatic carbocycles. The number of nitrogens with zero attached hydrogens (tertiary/aromatic N) is 3. The van der Waals surface area contributed by atoms with E-state index >= 15 is 0 Å². The van der Waals surface area contributed by atoms with Crippen LogP contribution < -0.4 is 66.9 Å². The van der Waals surface area contributed by atoms with E-state index in [1.807, 2.05) is 0 Å². The second-order valence-electron chi connectivity index (χ2n) is 7.12. The van der Waals surface area contributed by atoms with Crippen molar-refractivity contribution in [1.29, 1.82) is 0 Å². The van der Waals surface area contributed by atoms with Gasteiger partial charge in [-0.25, -0.2) is 0 Å². The maximum absolute atomic E-state index is 10.1. The summed E-state index contributed by atoms with van der Waals surface area (Å²) >= 11 is 0. The summed E-state index contributed by atoms with van der Waals surface area (Å²) < 4.78 is 0. The molecule has 3 atom stereocenters. The van der Waals surface area contributed by atoms with Crippen molar-refractivity contribution >= 4 is 53.1 Å². The molecule has 0 heterocycles. The second kappa shape index (κ2) is 25.7. The first-order valence-corrected chi connectivity index (χ1v) is 10.7. The third-order valence-electron chi connectivity index (χ3n) is 3.81. The molecular weight excluding hydrogens is 507 g/mol. The van der Waals surface area contributed by atoms with Gasteiger partial charge in [0.15, 0.2) is 17.9 Å². The van der Waals surface area contributed by atoms with Crippen molar-refractivity contribution in [3.8, 4) is 0 Å². The summed E-state index contributed by atoms with van der Waals surface area (Å²) in [7, 11) is 0. The molecule has 210 valence electrons. The fourth-order valence-electron chi connectivity index (χ4n) is 1.91. The predicted molar refractivity (Wildman–Crippen MR) is 134 cm³/mol. The van der Waals surface area contributed by atoms with Crippen LogP contribution in [0.1, 0.15) is 38.5 Å². The predicted octanol–water partition coefficient (Wildman–Crippen LogP) is -9.03. The molecule has 18 N–H and O–H groups in total. The molecule has 0 aromatic heterocycles. The normalized spacial score (nSPS) is 11.8. The molecule has 0 radical (unpaired) electrons. The Labute approximate surface area is 225 Å². The number of hydrogen-bond acceptors (Lipinski definition) is 12. The fraction of sp³-hybridized carbons (Fsp3) is 0.667. The molecule has 0 rings (SSSR count). The largest absolute Gasteiger partial charge is 3.00 e. The first kappa shape index (κ1) is 40.8. The van der Waals surface area contributed by atoms with Crippen LogP contribution in [0.25, 0.3) is 0 Å². The van der Waals surface area contributed by atoms with Gasteiger partial charge in [-0.1, -0.05) is 0 Å². The van der Waals surface area contributed by atoms with Gasteiger partial charge in [-0.05, 0) is 38.5 Å². The van der Waals surface area contributed by atoms with Crippen molar-refractivity contribution in [2.75, 3.05) is 19.6 Å². The number of nitrogens with two attached hydrogens (primary N) is 9. The maximum Gasteiger partial charge on any atom is 3.00 e. The number of carboxylic acids is 3. The van der Waals surface area contributed by atoms with E-state index in [1.54, 1.807) is 0 Å². The van der Waals surface area contributed by atoms with Gasteiger partial charge in [0, 0.05) is 37.8 Å². The molecule has 19 heteroatoms. The van der Waals surface area contributed by atoms with E-state index in [9.17, 15) is 29.7 Å². The van der Waals surface area contributed by atoms with Crippen molar-refractivity contribution < 1.29 is 29.7 Å². The number of aliphatic imine (C=N–C) groups is 3. The molecule has 0 fully saturated rings. The van der Waals surface area contributed by atoms with E-state index in [1.165, 1.54) is 0 Å². The van der Waals surface area contributed by atoms with Gasteiger partial charge >= 0.3 is 17.4 Å². The Kier molecular flexibility index (Phi) is 28.3. The molecule has 0 saturated carbocycles. The van der Waals surface area contributed by atoms with Crippen LogP contribution in [-0.4, -0.2) is 90.9 Å². The topological polar surface area (TPSA) is 392 Å². The maximum atomic E-state index is 10.1. The Bertz CT molecular complexity index is 631. The van der Waals surface area contributed by atoms with Gasteiger partial charge in [0.1, 0.15) is 0 Å². The van der Waals surface area contributed by atoms with Gasteiger partial charge in [0.05, 0.1) is 17.9 Å². The number of carbonyl (C=O) groups is 3. The smallest absolute Gasteiger partial charge is 0.548 e. The standard InChI is InChI=1S/3C6H14N4O2.Al/c3*7-4(5(11)12)2-1-3-10-6(8)9;/h3*4H,1-3,7H2,(H,11,12)(H4,8,9,10);/q;;;+3/p-3/t3*4-;/m000./s1. The first-order chi connectivity index (χ1) is 16.6. The van der Waals surface area contributed by atoms with E-state index in [-0.39, 0.29) is 35.2 Å². The Balaban J connectivity index is -0.000000218. The van der Waals surface area contributed by atoms with Crippen LogP contribution in [0.5, 0.6) is 0 Å². The van der Waals surface area contributed by atoms with E-state index in [4.69, 9.17) is 51.6 Å². The molecule has 0 saturated heterocycles. The van der Waals surface area contributed by atoms with E-state index in [0.29, 0.717) is 58.2 Å². The van der Waals surface area contributed by atoms with Crippen LogP contribution >= 0.6 is 0 Å². The Morgan fingerprint density at radius 2 is 0.703 bits per heavy atom. The van der Waals surface area contributed by atoms with Crippen LogP contribution in [0.2, 0.25) is 0 Å². The van der Waals surface area contributed by atoms with E-state index in [0.717, 1.165) is 0 Å². The van der Waals surface area contributed by atoms with E-state index < -0.39 is 36.0 Å². The van der Waals surface area contributed by atoms with Crippen LogP contribution in [0.4, 0.5) is 0 Å². The second-order valence-corrected chi connectivity index (χ2v) is 7.12. The van der Waals surface area contributed by atoms with Crippen LogP contribution in [0.3, 0.4) is 0 Å². The van der Waals surface area contributed by atoms with E-state index in [2.05, 4.69) is 15.0 Å². The van der Waals surface area contributed by atoms with Crippen molar-refractivity contribution in [1.82, 2.24) is 0 Å². The molecule has 0 bridgehead atoms. The average molecular weight is 547 g/mol. The van der Waals surface area contributed by atoms with Crippen molar-refractivity contribution in [3.63, 3.8) is 0 Å². The monoisotopic (exact) mass is 546 g/mol. The van der Waals surface area contributed by atoms with Gasteiger partial charge in [0.25, 0.3) is 0 Å². The van der Waals surface area contributed by atoms with Crippen LogP contribution in [0, 0.1) is 0 Å². The molecule has 0 aromatic rings. The van der Waals surface area contributed by atoms with Crippen molar-refractivity contribution in [2.45, 2.75) is 56.7 Å². The number of carboxylic acid groups (broad SMARTS) is 3. The third kappa shape index (κ3) is 34.9.